The van der Waals surface area contributed by atoms with Gasteiger partial charge in [-0.15, -0.1) is 11.8 Å². The Morgan fingerprint density at radius 2 is 1.48 bits per heavy atom. The SMILES string of the molecule is CSc1ccccc1-c1nn(-c2ccccc2)[n+](-c2cccc3ccccc23)n1. The van der Waals surface area contributed by atoms with E-state index in [0.717, 1.165) is 27.2 Å². The molecule has 29 heavy (non-hydrogen) atoms. The molecule has 0 bridgehead atoms. The van der Waals surface area contributed by atoms with Gasteiger partial charge < -0.3 is 0 Å². The molecular formula is C24H19N4S+. The van der Waals surface area contributed by atoms with Gasteiger partial charge in [0.05, 0.1) is 10.7 Å². The van der Waals surface area contributed by atoms with Gasteiger partial charge >= 0.3 is 5.82 Å². The number of nitrogens with zero attached hydrogens (tertiary/aromatic N) is 4. The summed E-state index contributed by atoms with van der Waals surface area (Å²) >= 11 is 1.70. The molecule has 0 saturated heterocycles. The van der Waals surface area contributed by atoms with Crippen LogP contribution in [0.15, 0.2) is 102 Å². The second-order valence-corrected chi connectivity index (χ2v) is 7.48. The van der Waals surface area contributed by atoms with Crippen LogP contribution in [0.3, 0.4) is 0 Å². The van der Waals surface area contributed by atoms with Gasteiger partial charge in [-0.3, -0.25) is 0 Å². The van der Waals surface area contributed by atoms with Gasteiger partial charge in [0.25, 0.3) is 0 Å². The fourth-order valence-electron chi connectivity index (χ4n) is 3.49. The monoisotopic (exact) mass is 395 g/mol. The number of thioether (sulfide) groups is 1. The summed E-state index contributed by atoms with van der Waals surface area (Å²) in [5, 5.41) is 12.1. The minimum Gasteiger partial charge on any atom is -0.129 e. The molecule has 140 valence electrons. The van der Waals surface area contributed by atoms with E-state index in [2.05, 4.69) is 60.9 Å². The summed E-state index contributed by atoms with van der Waals surface area (Å²) in [5.74, 6) is 0.701. The van der Waals surface area contributed by atoms with Crippen LogP contribution in [-0.4, -0.2) is 21.2 Å². The molecule has 0 radical (unpaired) electrons. The summed E-state index contributed by atoms with van der Waals surface area (Å²) in [6.45, 7) is 0. The Bertz CT molecular complexity index is 1290. The first-order chi connectivity index (χ1) is 14.3. The topological polar surface area (TPSA) is 34.6 Å². The van der Waals surface area contributed by atoms with Gasteiger partial charge in [-0.05, 0) is 57.9 Å². The molecular weight excluding hydrogens is 376 g/mol. The van der Waals surface area contributed by atoms with Crippen molar-refractivity contribution in [3.8, 4) is 22.8 Å². The molecule has 0 saturated carbocycles. The van der Waals surface area contributed by atoms with Crippen LogP contribution < -0.4 is 4.80 Å². The fourth-order valence-corrected chi connectivity index (χ4v) is 4.08. The van der Waals surface area contributed by atoms with Gasteiger partial charge in [0.15, 0.2) is 5.69 Å². The molecule has 0 spiro atoms. The normalized spacial score (nSPS) is 11.1. The molecule has 5 heteroatoms. The lowest BCUT2D eigenvalue weighted by molar-refractivity contribution is -0.733. The molecule has 0 N–H and O–H groups in total. The van der Waals surface area contributed by atoms with Crippen LogP contribution in [0.4, 0.5) is 0 Å². The summed E-state index contributed by atoms with van der Waals surface area (Å²) in [6.07, 6.45) is 2.08. The van der Waals surface area contributed by atoms with Crippen molar-refractivity contribution in [2.24, 2.45) is 0 Å². The summed E-state index contributed by atoms with van der Waals surface area (Å²) in [5.41, 5.74) is 2.98. The standard InChI is InChI=1S/C24H19N4S/c1-29-23-17-8-7-15-21(23)24-25-27(19-12-3-2-4-13-19)28(26-24)22-16-9-11-18-10-5-6-14-20(18)22/h2-17H,1H3/q+1. The highest BCUT2D eigenvalue weighted by Gasteiger charge is 2.25. The van der Waals surface area contributed by atoms with E-state index < -0.39 is 0 Å². The summed E-state index contributed by atoms with van der Waals surface area (Å²) in [7, 11) is 0. The number of aromatic nitrogens is 4. The van der Waals surface area contributed by atoms with Crippen LogP contribution in [0.1, 0.15) is 0 Å². The Hall–Kier alpha value is -3.44. The zero-order valence-corrected chi connectivity index (χ0v) is 16.8. The third-order valence-electron chi connectivity index (χ3n) is 4.88. The van der Waals surface area contributed by atoms with Crippen LogP contribution in [-0.2, 0) is 0 Å². The number of fused-ring (bicyclic) bond motifs is 1. The molecule has 1 aromatic heterocycles. The number of benzene rings is 4. The minimum atomic E-state index is 0.701. The van der Waals surface area contributed by atoms with Gasteiger partial charge in [0.2, 0.25) is 0 Å². The average Bonchev–Trinajstić information content (AvgIpc) is 3.24. The Labute approximate surface area is 173 Å². The molecule has 4 aromatic carbocycles. The lowest BCUT2D eigenvalue weighted by Crippen LogP contribution is -2.43. The Morgan fingerprint density at radius 3 is 2.34 bits per heavy atom. The van der Waals surface area contributed by atoms with Gasteiger partial charge in [0.1, 0.15) is 5.69 Å². The van der Waals surface area contributed by atoms with Crippen LogP contribution in [0.25, 0.3) is 33.5 Å². The number of hydrogen-bond acceptors (Lipinski definition) is 3. The predicted molar refractivity (Wildman–Crippen MR) is 118 cm³/mol. The van der Waals surface area contributed by atoms with Crippen molar-refractivity contribution in [1.29, 1.82) is 0 Å². The first-order valence-corrected chi connectivity index (χ1v) is 10.6. The number of para-hydroxylation sites is 1. The molecule has 5 aromatic rings. The zero-order valence-electron chi connectivity index (χ0n) is 15.9. The van der Waals surface area contributed by atoms with Crippen molar-refractivity contribution in [3.63, 3.8) is 0 Å². The largest absolute Gasteiger partial charge is 0.341 e. The smallest absolute Gasteiger partial charge is 0.129 e. The van der Waals surface area contributed by atoms with Crippen LogP contribution >= 0.6 is 11.8 Å². The van der Waals surface area contributed by atoms with Gasteiger partial charge in [-0.1, -0.05) is 60.7 Å². The third-order valence-corrected chi connectivity index (χ3v) is 5.67. The lowest BCUT2D eigenvalue weighted by atomic mass is 10.1. The molecule has 0 aliphatic rings. The van der Waals surface area contributed by atoms with Crippen molar-refractivity contribution < 1.29 is 4.80 Å². The maximum absolute atomic E-state index is 4.94. The van der Waals surface area contributed by atoms with E-state index in [1.165, 1.54) is 5.39 Å². The van der Waals surface area contributed by atoms with Crippen LogP contribution in [0.2, 0.25) is 0 Å². The average molecular weight is 396 g/mol. The van der Waals surface area contributed by atoms with E-state index in [1.54, 1.807) is 11.8 Å². The van der Waals surface area contributed by atoms with E-state index in [1.807, 2.05) is 52.1 Å². The van der Waals surface area contributed by atoms with Crippen molar-refractivity contribution >= 4 is 22.5 Å². The second kappa shape index (κ2) is 7.53. The highest BCUT2D eigenvalue weighted by atomic mass is 32.2. The summed E-state index contributed by atoms with van der Waals surface area (Å²) in [6, 6.07) is 33.0. The Kier molecular flexibility index (Phi) is 4.58. The van der Waals surface area contributed by atoms with Gasteiger partial charge in [0, 0.05) is 15.1 Å². The van der Waals surface area contributed by atoms with E-state index in [9.17, 15) is 0 Å². The maximum Gasteiger partial charge on any atom is 0.341 e. The number of tetrazole rings is 1. The van der Waals surface area contributed by atoms with Crippen molar-refractivity contribution in [2.75, 3.05) is 6.26 Å². The maximum atomic E-state index is 4.94. The first kappa shape index (κ1) is 17.6. The quantitative estimate of drug-likeness (QED) is 0.314. The van der Waals surface area contributed by atoms with Crippen LogP contribution in [0, 0.1) is 0 Å². The second-order valence-electron chi connectivity index (χ2n) is 6.64. The Balaban J connectivity index is 1.79. The molecule has 0 unspecified atom stereocenters. The fraction of sp³-hybridized carbons (Fsp3) is 0.0417. The van der Waals surface area contributed by atoms with Gasteiger partial charge in [-0.25, -0.2) is 0 Å². The van der Waals surface area contributed by atoms with E-state index >= 15 is 0 Å². The van der Waals surface area contributed by atoms with Crippen molar-refractivity contribution in [2.45, 2.75) is 4.90 Å². The highest BCUT2D eigenvalue weighted by Crippen LogP contribution is 2.27. The summed E-state index contributed by atoms with van der Waals surface area (Å²) in [4.78, 5) is 4.92. The number of rotatable bonds is 4. The van der Waals surface area contributed by atoms with Gasteiger partial charge in [-0.2, -0.15) is 0 Å². The first-order valence-electron chi connectivity index (χ1n) is 9.42. The lowest BCUT2D eigenvalue weighted by Gasteiger charge is -2.03. The Morgan fingerprint density at radius 1 is 0.759 bits per heavy atom. The number of hydrogen-bond donors (Lipinski definition) is 0. The molecule has 0 aliphatic heterocycles. The van der Waals surface area contributed by atoms with E-state index in [4.69, 9.17) is 10.2 Å². The van der Waals surface area contributed by atoms with Crippen molar-refractivity contribution in [3.05, 3.63) is 97.1 Å². The third kappa shape index (κ3) is 3.19. The molecule has 0 atom stereocenters. The van der Waals surface area contributed by atoms with E-state index in [-0.39, 0.29) is 0 Å². The van der Waals surface area contributed by atoms with E-state index in [0.29, 0.717) is 5.82 Å². The zero-order chi connectivity index (χ0) is 19.6. The molecule has 0 amide bonds. The molecule has 0 fully saturated rings. The highest BCUT2D eigenvalue weighted by molar-refractivity contribution is 7.98. The van der Waals surface area contributed by atoms with Crippen molar-refractivity contribution in [1.82, 2.24) is 15.0 Å². The summed E-state index contributed by atoms with van der Waals surface area (Å²) < 4.78 is 0. The van der Waals surface area contributed by atoms with Crippen LogP contribution in [0.5, 0.6) is 0 Å². The minimum absolute atomic E-state index is 0.701. The molecule has 4 nitrogen and oxygen atoms in total. The molecule has 0 aliphatic carbocycles. The predicted octanol–water partition coefficient (Wildman–Crippen LogP) is 5.09. The molecule has 1 heterocycles. The molecule has 5 rings (SSSR count).